The summed E-state index contributed by atoms with van der Waals surface area (Å²) in [6.45, 7) is 4.43. The van der Waals surface area contributed by atoms with E-state index < -0.39 is 10.0 Å². The number of halogens is 1. The predicted octanol–water partition coefficient (Wildman–Crippen LogP) is 1.38. The zero-order valence-corrected chi connectivity index (χ0v) is 20.0. The van der Waals surface area contributed by atoms with E-state index in [-0.39, 0.29) is 28.9 Å². The third kappa shape index (κ3) is 5.84. The molecule has 1 aliphatic rings. The van der Waals surface area contributed by atoms with Crippen molar-refractivity contribution in [2.24, 2.45) is 12.0 Å². The minimum absolute atomic E-state index is 0. The number of guanidine groups is 1. The van der Waals surface area contributed by atoms with Crippen LogP contribution in [0.5, 0.6) is 0 Å². The van der Waals surface area contributed by atoms with Gasteiger partial charge in [0.05, 0.1) is 9.90 Å². The smallest absolute Gasteiger partial charge is 0.242 e. The van der Waals surface area contributed by atoms with Crippen molar-refractivity contribution in [3.05, 3.63) is 36.0 Å². The van der Waals surface area contributed by atoms with Crippen molar-refractivity contribution in [1.82, 2.24) is 19.5 Å². The summed E-state index contributed by atoms with van der Waals surface area (Å²) < 4.78 is 28.8. The highest BCUT2D eigenvalue weighted by molar-refractivity contribution is 14.0. The van der Waals surface area contributed by atoms with Gasteiger partial charge in [0.25, 0.3) is 0 Å². The van der Waals surface area contributed by atoms with Crippen molar-refractivity contribution >= 4 is 56.3 Å². The average molecular weight is 538 g/mol. The quantitative estimate of drug-likeness (QED) is 0.252. The summed E-state index contributed by atoms with van der Waals surface area (Å²) in [6, 6.07) is 5.80. The Labute approximate surface area is 187 Å². The molecule has 1 aliphatic heterocycles. The van der Waals surface area contributed by atoms with E-state index in [0.717, 1.165) is 32.1 Å². The summed E-state index contributed by atoms with van der Waals surface area (Å²) in [6.07, 6.45) is 3.30. The molecule has 2 N–H and O–H groups in total. The maximum Gasteiger partial charge on any atom is 0.242 e. The number of hydrogen-bond donors (Lipinski definition) is 2. The van der Waals surface area contributed by atoms with E-state index in [1.54, 1.807) is 48.5 Å². The Hall–Kier alpha value is -1.31. The van der Waals surface area contributed by atoms with Crippen LogP contribution in [0, 0.1) is 0 Å². The van der Waals surface area contributed by atoms with Crippen LogP contribution in [-0.4, -0.2) is 70.2 Å². The van der Waals surface area contributed by atoms with Crippen LogP contribution in [0.2, 0.25) is 0 Å². The highest BCUT2D eigenvalue weighted by Crippen LogP contribution is 2.22. The lowest BCUT2D eigenvalue weighted by atomic mass is 10.3. The van der Waals surface area contributed by atoms with Crippen LogP contribution < -0.4 is 14.9 Å². The minimum atomic E-state index is -3.47. The first kappa shape index (κ1) is 23.0. The van der Waals surface area contributed by atoms with Gasteiger partial charge in [-0.05, 0) is 23.6 Å². The van der Waals surface area contributed by atoms with E-state index in [0.29, 0.717) is 13.1 Å². The van der Waals surface area contributed by atoms with Gasteiger partial charge in [0.1, 0.15) is 0 Å². The van der Waals surface area contributed by atoms with Gasteiger partial charge in [-0.25, -0.2) is 13.1 Å². The molecule has 156 valence electrons. The molecule has 0 spiro atoms. The lowest BCUT2D eigenvalue weighted by Gasteiger charge is -2.37. The van der Waals surface area contributed by atoms with Crippen LogP contribution in [0.15, 0.2) is 45.9 Å². The Morgan fingerprint density at radius 2 is 1.96 bits per heavy atom. The van der Waals surface area contributed by atoms with Crippen molar-refractivity contribution in [3.63, 3.8) is 0 Å². The number of aromatic nitrogens is 1. The Bertz CT molecular complexity index is 858. The molecule has 2 aromatic rings. The Morgan fingerprint density at radius 3 is 2.54 bits per heavy atom. The minimum Gasteiger partial charge on any atom is -0.360 e. The van der Waals surface area contributed by atoms with Gasteiger partial charge in [0, 0.05) is 65.8 Å². The van der Waals surface area contributed by atoms with Gasteiger partial charge in [-0.2, -0.15) is 0 Å². The van der Waals surface area contributed by atoms with Gasteiger partial charge < -0.3 is 19.7 Å². The van der Waals surface area contributed by atoms with Gasteiger partial charge in [-0.1, -0.05) is 0 Å². The van der Waals surface area contributed by atoms with Crippen LogP contribution in [0.25, 0.3) is 0 Å². The maximum absolute atomic E-state index is 12.2. The number of nitrogens with zero attached hydrogens (tertiary/aromatic N) is 4. The molecule has 0 amide bonds. The fraction of sp³-hybridized carbons (Fsp3) is 0.471. The lowest BCUT2D eigenvalue weighted by Crippen LogP contribution is -2.53. The maximum atomic E-state index is 12.2. The van der Waals surface area contributed by atoms with Crippen LogP contribution in [0.3, 0.4) is 0 Å². The molecule has 11 heteroatoms. The summed E-state index contributed by atoms with van der Waals surface area (Å²) in [4.78, 5) is 9.19. The molecule has 3 heterocycles. The summed E-state index contributed by atoms with van der Waals surface area (Å²) in [5, 5.41) is 6.64. The molecule has 0 bridgehead atoms. The van der Waals surface area contributed by atoms with Crippen molar-refractivity contribution < 1.29 is 8.42 Å². The first-order valence-electron chi connectivity index (χ1n) is 8.85. The Balaban J connectivity index is 0.00000280. The van der Waals surface area contributed by atoms with E-state index in [1.165, 1.54) is 5.00 Å². The van der Waals surface area contributed by atoms with Crippen LogP contribution >= 0.6 is 35.3 Å². The molecule has 0 unspecified atom stereocenters. The molecule has 0 aliphatic carbocycles. The fourth-order valence-corrected chi connectivity index (χ4v) is 4.87. The third-order valence-electron chi connectivity index (χ3n) is 4.42. The zero-order valence-electron chi connectivity index (χ0n) is 16.0. The van der Waals surface area contributed by atoms with E-state index in [4.69, 9.17) is 0 Å². The molecule has 0 aromatic carbocycles. The van der Waals surface area contributed by atoms with E-state index in [2.05, 4.69) is 42.3 Å². The van der Waals surface area contributed by atoms with Crippen molar-refractivity contribution in [2.45, 2.75) is 4.90 Å². The van der Waals surface area contributed by atoms with Crippen molar-refractivity contribution in [2.75, 3.05) is 51.2 Å². The van der Waals surface area contributed by atoms with Gasteiger partial charge in [0.15, 0.2) is 5.96 Å². The summed E-state index contributed by atoms with van der Waals surface area (Å²) >= 11 is 1.76. The summed E-state index contributed by atoms with van der Waals surface area (Å²) in [5.74, 6) is 0.805. The van der Waals surface area contributed by atoms with E-state index >= 15 is 0 Å². The highest BCUT2D eigenvalue weighted by Gasteiger charge is 2.20. The van der Waals surface area contributed by atoms with Gasteiger partial charge in [-0.3, -0.25) is 4.99 Å². The molecule has 2 aromatic heterocycles. The van der Waals surface area contributed by atoms with Crippen molar-refractivity contribution in [1.29, 1.82) is 0 Å². The molecule has 0 atom stereocenters. The average Bonchev–Trinajstić information content (AvgIpc) is 3.34. The molecule has 1 saturated heterocycles. The molecule has 1 fully saturated rings. The first-order valence-corrected chi connectivity index (χ1v) is 11.2. The third-order valence-corrected chi connectivity index (χ3v) is 6.80. The van der Waals surface area contributed by atoms with Crippen LogP contribution in [0.4, 0.5) is 5.00 Å². The topological polar surface area (TPSA) is 82.0 Å². The van der Waals surface area contributed by atoms with E-state index in [9.17, 15) is 8.42 Å². The van der Waals surface area contributed by atoms with Gasteiger partial charge in [-0.15, -0.1) is 35.3 Å². The number of aliphatic imine (C=N–C) groups is 1. The SMILES string of the molecule is CN=C(NCCNS(=O)(=O)c1ccn(C)c1)N1CCN(c2cccs2)CC1.I. The van der Waals surface area contributed by atoms with E-state index in [1.807, 2.05) is 0 Å². The summed E-state index contributed by atoms with van der Waals surface area (Å²) in [7, 11) is 0.0753. The lowest BCUT2D eigenvalue weighted by molar-refractivity contribution is 0.374. The number of thiophene rings is 1. The Kier molecular flexibility index (Phi) is 8.58. The molecule has 0 radical (unpaired) electrons. The highest BCUT2D eigenvalue weighted by atomic mass is 127. The molecular formula is C17H27IN6O2S2. The van der Waals surface area contributed by atoms with Gasteiger partial charge >= 0.3 is 0 Å². The zero-order chi connectivity index (χ0) is 19.3. The number of piperazine rings is 1. The standard InChI is InChI=1S/C17H26N6O2S2.HI/c1-18-17(23-11-9-22(10-12-23)16-4-3-13-26-16)19-6-7-20-27(24,25)15-5-8-21(2)14-15;/h3-5,8,13-14,20H,6-7,9-12H2,1-2H3,(H,18,19);1H. The van der Waals surface area contributed by atoms with Gasteiger partial charge in [0.2, 0.25) is 10.0 Å². The molecular weight excluding hydrogens is 511 g/mol. The summed E-state index contributed by atoms with van der Waals surface area (Å²) in [5.41, 5.74) is 0. The second-order valence-corrected chi connectivity index (χ2v) is 9.00. The number of rotatable bonds is 6. The normalized spacial score (nSPS) is 15.4. The second-order valence-electron chi connectivity index (χ2n) is 6.31. The number of hydrogen-bond acceptors (Lipinski definition) is 5. The molecule has 0 saturated carbocycles. The van der Waals surface area contributed by atoms with Crippen LogP contribution in [0.1, 0.15) is 0 Å². The largest absolute Gasteiger partial charge is 0.360 e. The number of anilines is 1. The monoisotopic (exact) mass is 538 g/mol. The molecule has 28 heavy (non-hydrogen) atoms. The first-order chi connectivity index (χ1) is 13.0. The number of sulfonamides is 1. The number of aryl methyl sites for hydroxylation is 1. The fourth-order valence-electron chi connectivity index (χ4n) is 3.00. The second kappa shape index (κ2) is 10.5. The molecule has 8 nitrogen and oxygen atoms in total. The number of nitrogens with one attached hydrogen (secondary N) is 2. The van der Waals surface area contributed by atoms with Crippen molar-refractivity contribution in [3.8, 4) is 0 Å². The Morgan fingerprint density at radius 1 is 1.21 bits per heavy atom. The van der Waals surface area contributed by atoms with Crippen LogP contribution in [-0.2, 0) is 17.1 Å². The predicted molar refractivity (Wildman–Crippen MR) is 125 cm³/mol. The molecule has 3 rings (SSSR count).